The highest BCUT2D eigenvalue weighted by atomic mass is 16.1. The summed E-state index contributed by atoms with van der Waals surface area (Å²) in [7, 11) is 2.16. The Kier molecular flexibility index (Phi) is 6.35. The molecule has 0 radical (unpaired) electrons. The Hall–Kier alpha value is -2.53. The molecule has 1 aliphatic rings. The second-order valence-corrected chi connectivity index (χ2v) is 7.52. The van der Waals surface area contributed by atoms with E-state index < -0.39 is 0 Å². The third kappa shape index (κ3) is 5.47. The zero-order valence-corrected chi connectivity index (χ0v) is 16.5. The maximum atomic E-state index is 12.2. The predicted molar refractivity (Wildman–Crippen MR) is 114 cm³/mol. The van der Waals surface area contributed by atoms with Crippen LogP contribution in [0.5, 0.6) is 0 Å². The van der Waals surface area contributed by atoms with Crippen LogP contribution in [-0.4, -0.2) is 50.6 Å². The van der Waals surface area contributed by atoms with Crippen molar-refractivity contribution in [3.63, 3.8) is 0 Å². The van der Waals surface area contributed by atoms with Crippen molar-refractivity contribution in [1.29, 1.82) is 0 Å². The first-order valence-corrected chi connectivity index (χ1v) is 9.68. The van der Waals surface area contributed by atoms with Gasteiger partial charge in [-0.1, -0.05) is 26.0 Å². The van der Waals surface area contributed by atoms with Crippen molar-refractivity contribution in [3.8, 4) is 0 Å². The molecule has 2 aromatic rings. The lowest BCUT2D eigenvalue weighted by Gasteiger charge is -2.34. The van der Waals surface area contributed by atoms with Crippen molar-refractivity contribution in [2.75, 3.05) is 55.3 Å². The number of piperazine rings is 1. The van der Waals surface area contributed by atoms with Gasteiger partial charge in [0.25, 0.3) is 0 Å². The normalized spacial score (nSPS) is 15.0. The van der Waals surface area contributed by atoms with Crippen LogP contribution in [0.2, 0.25) is 0 Å². The van der Waals surface area contributed by atoms with E-state index in [4.69, 9.17) is 0 Å². The molecule has 2 aromatic carbocycles. The molecule has 0 unspecified atom stereocenters. The van der Waals surface area contributed by atoms with E-state index in [-0.39, 0.29) is 12.5 Å². The zero-order chi connectivity index (χ0) is 19.2. The molecule has 0 atom stereocenters. The number of carbonyl (C=O) groups is 1. The smallest absolute Gasteiger partial charge is 0.243 e. The maximum absolute atomic E-state index is 12.2. The molecule has 0 saturated carbocycles. The number of carbonyl (C=O) groups excluding carboxylic acids is 1. The Labute approximate surface area is 162 Å². The van der Waals surface area contributed by atoms with E-state index in [1.807, 2.05) is 24.3 Å². The molecule has 0 spiro atoms. The van der Waals surface area contributed by atoms with Gasteiger partial charge in [0.05, 0.1) is 6.54 Å². The van der Waals surface area contributed by atoms with Gasteiger partial charge in [-0.05, 0) is 54.9 Å². The topological polar surface area (TPSA) is 47.6 Å². The SMILES string of the molecule is CC(C)c1ccc(NC(=O)CNc2ccc(N3CCN(C)CC3)cc2)cc1. The number of likely N-dealkylation sites (N-methyl/N-ethyl adjacent to an activating group) is 1. The van der Waals surface area contributed by atoms with Gasteiger partial charge < -0.3 is 20.4 Å². The molecule has 2 N–H and O–H groups in total. The van der Waals surface area contributed by atoms with E-state index in [9.17, 15) is 4.79 Å². The summed E-state index contributed by atoms with van der Waals surface area (Å²) in [6.45, 7) is 8.87. The first-order chi connectivity index (χ1) is 13.0. The van der Waals surface area contributed by atoms with Crippen LogP contribution in [-0.2, 0) is 4.79 Å². The fraction of sp³-hybridized carbons (Fsp3) is 0.409. The fourth-order valence-electron chi connectivity index (χ4n) is 3.19. The molecule has 144 valence electrons. The second-order valence-electron chi connectivity index (χ2n) is 7.52. The standard InChI is InChI=1S/C22H30N4O/c1-17(2)18-4-6-20(7-5-18)24-22(27)16-23-19-8-10-21(11-9-19)26-14-12-25(3)13-15-26/h4-11,17,23H,12-16H2,1-3H3,(H,24,27). The highest BCUT2D eigenvalue weighted by Gasteiger charge is 2.14. The average molecular weight is 367 g/mol. The molecule has 1 aliphatic heterocycles. The average Bonchev–Trinajstić information content (AvgIpc) is 2.68. The van der Waals surface area contributed by atoms with Gasteiger partial charge in [0.1, 0.15) is 0 Å². The number of amides is 1. The van der Waals surface area contributed by atoms with E-state index in [2.05, 4.69) is 65.6 Å². The van der Waals surface area contributed by atoms with E-state index in [1.165, 1.54) is 11.3 Å². The van der Waals surface area contributed by atoms with E-state index in [1.54, 1.807) is 0 Å². The first kappa shape index (κ1) is 19.2. The number of hydrogen-bond acceptors (Lipinski definition) is 4. The summed E-state index contributed by atoms with van der Waals surface area (Å²) in [5.41, 5.74) is 4.30. The van der Waals surface area contributed by atoms with Crippen LogP contribution in [0.25, 0.3) is 0 Å². The predicted octanol–water partition coefficient (Wildman–Crippen LogP) is 3.61. The lowest BCUT2D eigenvalue weighted by atomic mass is 10.0. The molecule has 1 heterocycles. The van der Waals surface area contributed by atoms with Crippen LogP contribution in [0.4, 0.5) is 17.1 Å². The highest BCUT2D eigenvalue weighted by molar-refractivity contribution is 5.93. The molecule has 5 heteroatoms. The van der Waals surface area contributed by atoms with Crippen LogP contribution < -0.4 is 15.5 Å². The number of hydrogen-bond donors (Lipinski definition) is 2. The summed E-state index contributed by atoms with van der Waals surface area (Å²) in [5.74, 6) is 0.445. The summed E-state index contributed by atoms with van der Waals surface area (Å²) in [4.78, 5) is 16.9. The largest absolute Gasteiger partial charge is 0.376 e. The molecule has 0 aromatic heterocycles. The number of benzene rings is 2. The third-order valence-corrected chi connectivity index (χ3v) is 5.05. The summed E-state index contributed by atoms with van der Waals surface area (Å²) < 4.78 is 0. The van der Waals surface area contributed by atoms with Gasteiger partial charge in [-0.15, -0.1) is 0 Å². The van der Waals surface area contributed by atoms with Crippen LogP contribution in [0, 0.1) is 0 Å². The Morgan fingerprint density at radius 3 is 2.11 bits per heavy atom. The van der Waals surface area contributed by atoms with Gasteiger partial charge >= 0.3 is 0 Å². The molecular weight excluding hydrogens is 336 g/mol. The molecule has 1 fully saturated rings. The van der Waals surface area contributed by atoms with E-state index in [0.717, 1.165) is 37.6 Å². The Morgan fingerprint density at radius 2 is 1.52 bits per heavy atom. The molecule has 3 rings (SSSR count). The lowest BCUT2D eigenvalue weighted by molar-refractivity contribution is -0.114. The van der Waals surface area contributed by atoms with Gasteiger partial charge in [-0.2, -0.15) is 0 Å². The number of nitrogens with zero attached hydrogens (tertiary/aromatic N) is 2. The van der Waals surface area contributed by atoms with Gasteiger partial charge in [-0.3, -0.25) is 4.79 Å². The number of nitrogens with one attached hydrogen (secondary N) is 2. The summed E-state index contributed by atoms with van der Waals surface area (Å²) in [6.07, 6.45) is 0. The van der Waals surface area contributed by atoms with Gasteiger partial charge in [-0.25, -0.2) is 0 Å². The van der Waals surface area contributed by atoms with Gasteiger partial charge in [0.2, 0.25) is 5.91 Å². The molecule has 5 nitrogen and oxygen atoms in total. The van der Waals surface area contributed by atoms with Crippen LogP contribution >= 0.6 is 0 Å². The Morgan fingerprint density at radius 1 is 0.926 bits per heavy atom. The number of anilines is 3. The van der Waals surface area contributed by atoms with Crippen LogP contribution in [0.3, 0.4) is 0 Å². The van der Waals surface area contributed by atoms with Crippen molar-refractivity contribution < 1.29 is 4.79 Å². The van der Waals surface area contributed by atoms with Crippen LogP contribution in [0.1, 0.15) is 25.3 Å². The quantitative estimate of drug-likeness (QED) is 0.820. The monoisotopic (exact) mass is 366 g/mol. The van der Waals surface area contributed by atoms with Crippen molar-refractivity contribution in [2.45, 2.75) is 19.8 Å². The Bertz CT molecular complexity index is 732. The maximum Gasteiger partial charge on any atom is 0.243 e. The van der Waals surface area contributed by atoms with Crippen molar-refractivity contribution in [1.82, 2.24) is 4.90 Å². The van der Waals surface area contributed by atoms with E-state index in [0.29, 0.717) is 5.92 Å². The third-order valence-electron chi connectivity index (χ3n) is 5.05. The first-order valence-electron chi connectivity index (χ1n) is 9.68. The second kappa shape index (κ2) is 8.91. The molecule has 1 amide bonds. The van der Waals surface area contributed by atoms with Gasteiger partial charge in [0, 0.05) is 43.2 Å². The highest BCUT2D eigenvalue weighted by Crippen LogP contribution is 2.20. The van der Waals surface area contributed by atoms with Crippen molar-refractivity contribution >= 4 is 23.0 Å². The van der Waals surface area contributed by atoms with Crippen molar-refractivity contribution in [3.05, 3.63) is 54.1 Å². The molecule has 0 aliphatic carbocycles. The minimum Gasteiger partial charge on any atom is -0.376 e. The molecule has 0 bridgehead atoms. The van der Waals surface area contributed by atoms with Crippen LogP contribution in [0.15, 0.2) is 48.5 Å². The summed E-state index contributed by atoms with van der Waals surface area (Å²) >= 11 is 0. The summed E-state index contributed by atoms with van der Waals surface area (Å²) in [6, 6.07) is 16.4. The van der Waals surface area contributed by atoms with E-state index >= 15 is 0 Å². The minimum atomic E-state index is -0.0459. The molecular formula is C22H30N4O. The zero-order valence-electron chi connectivity index (χ0n) is 16.5. The van der Waals surface area contributed by atoms with Gasteiger partial charge in [0.15, 0.2) is 0 Å². The summed E-state index contributed by atoms with van der Waals surface area (Å²) in [5, 5.41) is 6.12. The Balaban J connectivity index is 1.47. The van der Waals surface area contributed by atoms with Crippen molar-refractivity contribution in [2.24, 2.45) is 0 Å². The number of rotatable bonds is 6. The molecule has 1 saturated heterocycles. The lowest BCUT2D eigenvalue weighted by Crippen LogP contribution is -2.44. The molecule has 27 heavy (non-hydrogen) atoms. The fourth-order valence-corrected chi connectivity index (χ4v) is 3.19. The minimum absolute atomic E-state index is 0.0459.